The van der Waals surface area contributed by atoms with E-state index in [-0.39, 0.29) is 42.6 Å². The molecule has 12 heteroatoms. The second-order valence-corrected chi connectivity index (χ2v) is 14.7. The maximum Gasteiger partial charge on any atom is 0.313 e. The lowest BCUT2D eigenvalue weighted by atomic mass is 9.70. The molecule has 3 fully saturated rings. The van der Waals surface area contributed by atoms with Crippen LogP contribution in [0.3, 0.4) is 0 Å². The number of hydrogen-bond acceptors (Lipinski definition) is 7. The highest BCUT2D eigenvalue weighted by molar-refractivity contribution is 9.09. The van der Waals surface area contributed by atoms with Crippen LogP contribution >= 0.6 is 27.5 Å². The average molecular weight is 757 g/mol. The highest BCUT2D eigenvalue weighted by atomic mass is 79.9. The maximum absolute atomic E-state index is 14.8. The molecule has 8 atom stereocenters. The van der Waals surface area contributed by atoms with E-state index < -0.39 is 66.1 Å². The molecule has 2 bridgehead atoms. The predicted molar refractivity (Wildman–Crippen MR) is 190 cm³/mol. The summed E-state index contributed by atoms with van der Waals surface area (Å²) in [6, 6.07) is 14.0. The number of likely N-dealkylation sites (tertiary alicyclic amines) is 1. The number of hydrogen-bond donors (Lipinski definition) is 2. The van der Waals surface area contributed by atoms with Crippen LogP contribution in [0.1, 0.15) is 44.8 Å². The molecule has 10 nitrogen and oxygen atoms in total. The van der Waals surface area contributed by atoms with Crippen molar-refractivity contribution in [3.8, 4) is 0 Å². The summed E-state index contributed by atoms with van der Waals surface area (Å²) in [6.07, 6.45) is 2.68. The number of fused-ring (bicyclic) bond motifs is 1. The summed E-state index contributed by atoms with van der Waals surface area (Å²) in [5, 5.41) is 13.9. The zero-order valence-electron chi connectivity index (χ0n) is 27.7. The van der Waals surface area contributed by atoms with Crippen LogP contribution in [0.25, 0.3) is 0 Å². The minimum atomic E-state index is -1.38. The molecule has 2 aromatic carbocycles. The number of alkyl halides is 1. The maximum atomic E-state index is 14.8. The van der Waals surface area contributed by atoms with Crippen LogP contribution < -0.4 is 10.2 Å². The van der Waals surface area contributed by atoms with Gasteiger partial charge in [0.05, 0.1) is 37.1 Å². The van der Waals surface area contributed by atoms with E-state index in [1.165, 1.54) is 9.80 Å². The van der Waals surface area contributed by atoms with Gasteiger partial charge in [-0.05, 0) is 48.6 Å². The molecule has 3 heterocycles. The van der Waals surface area contributed by atoms with Crippen LogP contribution in [0.5, 0.6) is 0 Å². The van der Waals surface area contributed by atoms with Crippen LogP contribution in [0.4, 0.5) is 5.69 Å². The van der Waals surface area contributed by atoms with E-state index >= 15 is 0 Å². The van der Waals surface area contributed by atoms with E-state index in [4.69, 9.17) is 21.1 Å². The summed E-state index contributed by atoms with van der Waals surface area (Å²) >= 11 is 9.86. The molecule has 0 saturated carbocycles. The van der Waals surface area contributed by atoms with Gasteiger partial charge in [-0.2, -0.15) is 0 Å². The second kappa shape index (κ2) is 15.6. The van der Waals surface area contributed by atoms with E-state index in [1.807, 2.05) is 32.0 Å². The molecular weight excluding hydrogens is 714 g/mol. The van der Waals surface area contributed by atoms with Crippen molar-refractivity contribution in [2.75, 3.05) is 24.6 Å². The number of rotatable bonds is 15. The van der Waals surface area contributed by atoms with Gasteiger partial charge in [-0.3, -0.25) is 19.2 Å². The third-order valence-corrected chi connectivity index (χ3v) is 10.8. The predicted octanol–water partition coefficient (Wildman–Crippen LogP) is 4.99. The number of carbonyl (C=O) groups excluding carboxylic acids is 4. The van der Waals surface area contributed by atoms with Crippen molar-refractivity contribution >= 4 is 56.9 Å². The smallest absolute Gasteiger partial charge is 0.313 e. The zero-order valence-corrected chi connectivity index (χ0v) is 30.0. The summed E-state index contributed by atoms with van der Waals surface area (Å²) in [7, 11) is 0. The summed E-state index contributed by atoms with van der Waals surface area (Å²) in [5.41, 5.74) is -0.164. The molecule has 1 unspecified atom stereocenters. The molecule has 2 N–H and O–H groups in total. The van der Waals surface area contributed by atoms with Gasteiger partial charge in [-0.25, -0.2) is 0 Å². The summed E-state index contributed by atoms with van der Waals surface area (Å²) in [6.45, 7) is 11.0. The Morgan fingerprint density at radius 3 is 2.47 bits per heavy atom. The van der Waals surface area contributed by atoms with E-state index in [1.54, 1.807) is 48.6 Å². The number of anilines is 1. The fraction of sp³-hybridized carbons (Fsp3) is 0.459. The molecular formula is C37H43BrClN3O7. The van der Waals surface area contributed by atoms with Crippen molar-refractivity contribution in [2.45, 2.75) is 67.8 Å². The minimum Gasteiger partial charge on any atom is -0.455 e. The molecule has 0 aromatic heterocycles. The Morgan fingerprint density at radius 1 is 1.16 bits per heavy atom. The van der Waals surface area contributed by atoms with Gasteiger partial charge in [0.15, 0.2) is 0 Å². The van der Waals surface area contributed by atoms with Crippen molar-refractivity contribution in [3.63, 3.8) is 0 Å². The van der Waals surface area contributed by atoms with E-state index in [9.17, 15) is 24.3 Å². The molecule has 3 aliphatic rings. The minimum absolute atomic E-state index is 0.0241. The number of esters is 1. The Labute approximate surface area is 300 Å². The molecule has 3 aliphatic heterocycles. The van der Waals surface area contributed by atoms with Crippen LogP contribution in [-0.2, 0) is 28.7 Å². The van der Waals surface area contributed by atoms with Crippen LogP contribution in [0.15, 0.2) is 79.9 Å². The number of allylic oxidation sites excluding steroid dienone is 1. The highest BCUT2D eigenvalue weighted by Gasteiger charge is 2.77. The van der Waals surface area contributed by atoms with Crippen molar-refractivity contribution in [1.82, 2.24) is 10.2 Å². The number of nitrogens with zero attached hydrogens (tertiary/aromatic N) is 2. The first-order chi connectivity index (χ1) is 23.5. The van der Waals surface area contributed by atoms with Gasteiger partial charge in [0.1, 0.15) is 17.7 Å². The molecule has 49 heavy (non-hydrogen) atoms. The largest absolute Gasteiger partial charge is 0.455 e. The standard InChI is InChI=1S/C37H43BrClN3O7/c1-5-7-13-29(44)40-20-28(23-11-9-8-10-12-23)48-36(47)30-31-34(45)42(27(21-43)22(3)4)33(37(31)19-26(38)32(30)49-37)35(46)41(18-6-2)25-16-14-24(39)15-17-25/h5-6,8-12,14-17,22,26-28,30-33,43H,1-2,7,13,18-21H2,3-4H3,(H,40,44)/t26?,27-,28-,30-,31+,32-,33-,37+/m0/s1. The first kappa shape index (κ1) is 36.8. The molecule has 3 saturated heterocycles. The number of benzene rings is 2. The number of nitrogens with one attached hydrogen (secondary N) is 1. The summed E-state index contributed by atoms with van der Waals surface area (Å²) in [4.78, 5) is 58.9. The zero-order chi connectivity index (χ0) is 35.5. The van der Waals surface area contributed by atoms with E-state index in [0.717, 1.165) is 0 Å². The monoisotopic (exact) mass is 755 g/mol. The van der Waals surface area contributed by atoms with E-state index in [2.05, 4.69) is 34.4 Å². The van der Waals surface area contributed by atoms with Crippen molar-refractivity contribution in [2.24, 2.45) is 17.8 Å². The van der Waals surface area contributed by atoms with Crippen LogP contribution in [0, 0.1) is 17.8 Å². The Kier molecular flexibility index (Phi) is 11.7. The Morgan fingerprint density at radius 2 is 1.86 bits per heavy atom. The lowest BCUT2D eigenvalue weighted by Crippen LogP contribution is -2.60. The van der Waals surface area contributed by atoms with E-state index in [0.29, 0.717) is 22.7 Å². The number of aliphatic hydroxyl groups excluding tert-OH is 1. The molecule has 1 spiro atoms. The first-order valence-corrected chi connectivity index (χ1v) is 17.8. The van der Waals surface area contributed by atoms with Gasteiger partial charge in [0.2, 0.25) is 11.8 Å². The molecule has 3 amide bonds. The molecule has 2 aromatic rings. The first-order valence-electron chi connectivity index (χ1n) is 16.5. The number of halogens is 2. The SMILES string of the molecule is C=CCCC(=O)NC[C@H](OC(=O)[C@@H]1[C@H]2O[C@@]3(CC2Br)[C@H](C(=O)N(CC=C)c2ccc(Cl)cc2)N([C@@H](CO)C(C)C)C(=O)[C@@H]13)c1ccccc1. The topological polar surface area (TPSA) is 125 Å². The molecule has 0 aliphatic carbocycles. The molecule has 0 radical (unpaired) electrons. The third-order valence-electron chi connectivity index (χ3n) is 9.75. The van der Waals surface area contributed by atoms with Gasteiger partial charge in [0, 0.05) is 28.5 Å². The number of carbonyl (C=O) groups is 4. The van der Waals surface area contributed by atoms with Gasteiger partial charge in [0.25, 0.3) is 5.91 Å². The lowest BCUT2D eigenvalue weighted by molar-refractivity contribution is -0.161. The van der Waals surface area contributed by atoms with Crippen molar-refractivity contribution in [3.05, 3.63) is 90.5 Å². The Bertz CT molecular complexity index is 1560. The van der Waals surface area contributed by atoms with Gasteiger partial charge in [-0.15, -0.1) is 13.2 Å². The Hall–Kier alpha value is -3.51. The molecule has 262 valence electrons. The van der Waals surface area contributed by atoms with Gasteiger partial charge in [-0.1, -0.05) is 83.9 Å². The fourth-order valence-electron chi connectivity index (χ4n) is 7.46. The van der Waals surface area contributed by atoms with Gasteiger partial charge >= 0.3 is 5.97 Å². The van der Waals surface area contributed by atoms with Crippen molar-refractivity contribution < 1.29 is 33.8 Å². The van der Waals surface area contributed by atoms with Crippen molar-refractivity contribution in [1.29, 1.82) is 0 Å². The molecule has 5 rings (SSSR count). The second-order valence-electron chi connectivity index (χ2n) is 13.1. The summed E-state index contributed by atoms with van der Waals surface area (Å²) < 4.78 is 12.8. The Balaban J connectivity index is 1.52. The van der Waals surface area contributed by atoms with Crippen LogP contribution in [0.2, 0.25) is 5.02 Å². The summed E-state index contributed by atoms with van der Waals surface area (Å²) in [5.74, 6) is -4.07. The van der Waals surface area contributed by atoms with Crippen LogP contribution in [-0.4, -0.2) is 82.0 Å². The van der Waals surface area contributed by atoms with Gasteiger partial charge < -0.3 is 29.7 Å². The highest BCUT2D eigenvalue weighted by Crippen LogP contribution is 2.61. The fourth-order valence-corrected chi connectivity index (χ4v) is 8.52. The third kappa shape index (κ3) is 7.08. The number of aliphatic hydroxyl groups is 1. The number of ether oxygens (including phenoxy) is 2. The number of amides is 3. The normalized spacial score (nSPS) is 26.6. The quantitative estimate of drug-likeness (QED) is 0.149. The lowest BCUT2D eigenvalue weighted by Gasteiger charge is -2.40. The average Bonchev–Trinajstić information content (AvgIpc) is 3.68.